The lowest BCUT2D eigenvalue weighted by atomic mass is 10.2. The molecule has 0 aliphatic rings. The van der Waals surface area contributed by atoms with E-state index < -0.39 is 17.4 Å². The van der Waals surface area contributed by atoms with Crippen molar-refractivity contribution in [1.29, 1.82) is 0 Å². The Morgan fingerprint density at radius 3 is 2.50 bits per heavy atom. The van der Waals surface area contributed by atoms with E-state index in [9.17, 15) is 8.78 Å². The Hall–Kier alpha value is -1.03. The fraction of sp³-hybridized carbons (Fsp3) is 0.333. The Kier molecular flexibility index (Phi) is 3.16. The maximum Gasteiger partial charge on any atom is 0.193 e. The van der Waals surface area contributed by atoms with E-state index in [1.54, 1.807) is 13.8 Å². The van der Waals surface area contributed by atoms with Crippen LogP contribution < -0.4 is 10.5 Å². The molecule has 2 nitrogen and oxygen atoms in total. The molecule has 0 saturated heterocycles. The van der Waals surface area contributed by atoms with Crippen LogP contribution in [0.25, 0.3) is 0 Å². The number of halogens is 3. The third kappa shape index (κ3) is 2.07. The Morgan fingerprint density at radius 1 is 1.43 bits per heavy atom. The van der Waals surface area contributed by atoms with Crippen LogP contribution in [0.3, 0.4) is 0 Å². The summed E-state index contributed by atoms with van der Waals surface area (Å²) in [5.74, 6) is -2.29. The molecule has 0 radical (unpaired) electrons. The number of anilines is 1. The average molecular weight is 222 g/mol. The molecule has 0 atom stereocenters. The lowest BCUT2D eigenvalue weighted by Gasteiger charge is -2.13. The van der Waals surface area contributed by atoms with Gasteiger partial charge in [0.05, 0.1) is 16.8 Å². The minimum atomic E-state index is -0.955. The van der Waals surface area contributed by atoms with E-state index in [-0.39, 0.29) is 16.8 Å². The molecule has 0 heterocycles. The first-order valence-electron chi connectivity index (χ1n) is 4.03. The van der Waals surface area contributed by atoms with Crippen LogP contribution in [-0.2, 0) is 0 Å². The predicted molar refractivity (Wildman–Crippen MR) is 51.5 cm³/mol. The van der Waals surface area contributed by atoms with Gasteiger partial charge in [-0.1, -0.05) is 11.6 Å². The van der Waals surface area contributed by atoms with Crippen molar-refractivity contribution < 1.29 is 13.5 Å². The molecule has 0 unspecified atom stereocenters. The Labute approximate surface area is 85.6 Å². The zero-order valence-electron chi connectivity index (χ0n) is 7.77. The molecule has 78 valence electrons. The molecule has 0 fully saturated rings. The summed E-state index contributed by atoms with van der Waals surface area (Å²) in [5.41, 5.74) is 4.97. The monoisotopic (exact) mass is 221 g/mol. The van der Waals surface area contributed by atoms with E-state index in [1.165, 1.54) is 0 Å². The van der Waals surface area contributed by atoms with E-state index in [1.807, 2.05) is 0 Å². The zero-order valence-corrected chi connectivity index (χ0v) is 8.53. The van der Waals surface area contributed by atoms with Gasteiger partial charge in [-0.2, -0.15) is 0 Å². The van der Waals surface area contributed by atoms with Crippen molar-refractivity contribution in [2.75, 3.05) is 5.73 Å². The lowest BCUT2D eigenvalue weighted by molar-refractivity contribution is 0.220. The van der Waals surface area contributed by atoms with Crippen LogP contribution in [0.4, 0.5) is 14.5 Å². The molecule has 1 aromatic rings. The van der Waals surface area contributed by atoms with Gasteiger partial charge in [0, 0.05) is 0 Å². The Balaban J connectivity index is 3.22. The van der Waals surface area contributed by atoms with Gasteiger partial charge in [0.25, 0.3) is 0 Å². The molecule has 0 spiro atoms. The van der Waals surface area contributed by atoms with Crippen molar-refractivity contribution in [3.63, 3.8) is 0 Å². The van der Waals surface area contributed by atoms with Crippen LogP contribution in [0.1, 0.15) is 13.8 Å². The molecule has 0 aliphatic heterocycles. The molecule has 0 aliphatic carbocycles. The summed E-state index contributed by atoms with van der Waals surface area (Å²) in [6.45, 7) is 3.31. The summed E-state index contributed by atoms with van der Waals surface area (Å²) in [7, 11) is 0. The maximum absolute atomic E-state index is 13.3. The van der Waals surface area contributed by atoms with Gasteiger partial charge in [-0.15, -0.1) is 0 Å². The van der Waals surface area contributed by atoms with Crippen LogP contribution in [0, 0.1) is 11.6 Å². The molecule has 1 aromatic carbocycles. The molecule has 5 heteroatoms. The third-order valence-corrected chi connectivity index (χ3v) is 1.83. The van der Waals surface area contributed by atoms with Crippen molar-refractivity contribution in [2.24, 2.45) is 0 Å². The van der Waals surface area contributed by atoms with Crippen LogP contribution in [0.15, 0.2) is 6.07 Å². The summed E-state index contributed by atoms with van der Waals surface area (Å²) < 4.78 is 31.4. The van der Waals surface area contributed by atoms with Gasteiger partial charge >= 0.3 is 0 Å². The van der Waals surface area contributed by atoms with Crippen molar-refractivity contribution in [3.05, 3.63) is 22.7 Å². The first-order chi connectivity index (χ1) is 6.43. The number of rotatable bonds is 2. The van der Waals surface area contributed by atoms with Gasteiger partial charge in [-0.25, -0.2) is 8.78 Å². The van der Waals surface area contributed by atoms with Crippen molar-refractivity contribution in [2.45, 2.75) is 20.0 Å². The highest BCUT2D eigenvalue weighted by atomic mass is 35.5. The predicted octanol–water partition coefficient (Wildman–Crippen LogP) is 2.99. The zero-order chi connectivity index (χ0) is 10.9. The molecule has 2 N–H and O–H groups in total. The summed E-state index contributed by atoms with van der Waals surface area (Å²) in [4.78, 5) is 0. The second-order valence-electron chi connectivity index (χ2n) is 3.06. The summed E-state index contributed by atoms with van der Waals surface area (Å²) in [5, 5.41) is -0.156. The second-order valence-corrected chi connectivity index (χ2v) is 3.47. The number of ether oxygens (including phenoxy) is 1. The van der Waals surface area contributed by atoms with Crippen molar-refractivity contribution in [1.82, 2.24) is 0 Å². The largest absolute Gasteiger partial charge is 0.485 e. The first kappa shape index (κ1) is 11.0. The van der Waals surface area contributed by atoms with Gasteiger partial charge in [0.1, 0.15) is 0 Å². The molecule has 0 bridgehead atoms. The number of hydrogen-bond acceptors (Lipinski definition) is 2. The van der Waals surface area contributed by atoms with E-state index >= 15 is 0 Å². The number of nitrogen functional groups attached to an aromatic ring is 1. The standard InChI is InChI=1S/C9H10ClF2NO/c1-4(2)14-9-6(11)3-5(10)8(13)7(9)12/h3-4H,13H2,1-2H3. The topological polar surface area (TPSA) is 35.2 Å². The van der Waals surface area contributed by atoms with E-state index in [0.29, 0.717) is 0 Å². The fourth-order valence-corrected chi connectivity index (χ4v) is 1.11. The molecule has 0 saturated carbocycles. The molecule has 0 aromatic heterocycles. The molecule has 14 heavy (non-hydrogen) atoms. The van der Waals surface area contributed by atoms with Crippen molar-refractivity contribution in [3.8, 4) is 5.75 Å². The second kappa shape index (κ2) is 4.00. The van der Waals surface area contributed by atoms with E-state index in [2.05, 4.69) is 0 Å². The Bertz CT molecular complexity index is 355. The average Bonchev–Trinajstić information content (AvgIpc) is 2.09. The van der Waals surface area contributed by atoms with E-state index in [0.717, 1.165) is 6.07 Å². The molecule has 1 rings (SSSR count). The molecular weight excluding hydrogens is 212 g/mol. The third-order valence-electron chi connectivity index (χ3n) is 1.52. The number of hydrogen-bond donors (Lipinski definition) is 1. The van der Waals surface area contributed by atoms with Gasteiger partial charge in [-0.3, -0.25) is 0 Å². The molecule has 0 amide bonds. The lowest BCUT2D eigenvalue weighted by Crippen LogP contribution is -2.10. The maximum atomic E-state index is 13.3. The van der Waals surface area contributed by atoms with E-state index in [4.69, 9.17) is 22.1 Å². The van der Waals surface area contributed by atoms with Crippen LogP contribution in [-0.4, -0.2) is 6.10 Å². The van der Waals surface area contributed by atoms with Crippen LogP contribution in [0.2, 0.25) is 5.02 Å². The summed E-state index contributed by atoms with van der Waals surface area (Å²) >= 11 is 5.47. The summed E-state index contributed by atoms with van der Waals surface area (Å²) in [6, 6.07) is 0.928. The highest BCUT2D eigenvalue weighted by Crippen LogP contribution is 2.32. The number of nitrogens with two attached hydrogens (primary N) is 1. The van der Waals surface area contributed by atoms with Crippen LogP contribution in [0.5, 0.6) is 5.75 Å². The fourth-order valence-electron chi connectivity index (χ4n) is 0.930. The number of benzene rings is 1. The van der Waals surface area contributed by atoms with Crippen LogP contribution >= 0.6 is 11.6 Å². The normalized spacial score (nSPS) is 10.7. The smallest absolute Gasteiger partial charge is 0.193 e. The quantitative estimate of drug-likeness (QED) is 0.780. The van der Waals surface area contributed by atoms with Gasteiger partial charge in [0.2, 0.25) is 0 Å². The SMILES string of the molecule is CC(C)Oc1c(F)cc(Cl)c(N)c1F. The van der Waals surface area contributed by atoms with Gasteiger partial charge in [0.15, 0.2) is 17.4 Å². The minimum Gasteiger partial charge on any atom is -0.485 e. The van der Waals surface area contributed by atoms with Gasteiger partial charge in [-0.05, 0) is 19.9 Å². The highest BCUT2D eigenvalue weighted by molar-refractivity contribution is 6.33. The minimum absolute atomic E-state index is 0.156. The highest BCUT2D eigenvalue weighted by Gasteiger charge is 2.17. The Morgan fingerprint density at radius 2 is 2.00 bits per heavy atom. The molecular formula is C9H10ClF2NO. The van der Waals surface area contributed by atoms with Crippen molar-refractivity contribution >= 4 is 17.3 Å². The van der Waals surface area contributed by atoms with Gasteiger partial charge < -0.3 is 10.5 Å². The summed E-state index contributed by atoms with van der Waals surface area (Å²) in [6.07, 6.45) is -0.334. The first-order valence-corrected chi connectivity index (χ1v) is 4.41.